The number of fused-ring (bicyclic) bond motifs is 1. The van der Waals surface area contributed by atoms with Crippen LogP contribution in [0.25, 0.3) is 0 Å². The first kappa shape index (κ1) is 18.2. The molecule has 2 aliphatic rings. The van der Waals surface area contributed by atoms with Crippen molar-refractivity contribution in [3.05, 3.63) is 70.8 Å². The molecule has 1 saturated carbocycles. The summed E-state index contributed by atoms with van der Waals surface area (Å²) in [6.07, 6.45) is 4.65. The molecule has 27 heavy (non-hydrogen) atoms. The van der Waals surface area contributed by atoms with Crippen molar-refractivity contribution < 1.29 is 9.90 Å². The average molecular weight is 364 g/mol. The molecule has 0 radical (unpaired) electrons. The molecule has 1 amide bonds. The lowest BCUT2D eigenvalue weighted by Gasteiger charge is -2.21. The Bertz CT molecular complexity index is 820. The molecule has 1 aliphatic heterocycles. The van der Waals surface area contributed by atoms with Gasteiger partial charge in [-0.2, -0.15) is 0 Å². The summed E-state index contributed by atoms with van der Waals surface area (Å²) in [6, 6.07) is 16.7. The second kappa shape index (κ2) is 7.45. The molecule has 4 rings (SSSR count). The van der Waals surface area contributed by atoms with Crippen molar-refractivity contribution in [2.24, 2.45) is 5.73 Å². The molecule has 1 fully saturated rings. The number of benzene rings is 2. The summed E-state index contributed by atoms with van der Waals surface area (Å²) in [5.41, 5.74) is 10.3. The Kier molecular flexibility index (Phi) is 5.02. The summed E-state index contributed by atoms with van der Waals surface area (Å²) in [4.78, 5) is 14.7. The van der Waals surface area contributed by atoms with E-state index in [0.717, 1.165) is 49.8 Å². The minimum Gasteiger partial charge on any atom is -0.394 e. The van der Waals surface area contributed by atoms with Crippen molar-refractivity contribution in [1.29, 1.82) is 0 Å². The number of aryl methyl sites for hydroxylation is 1. The van der Waals surface area contributed by atoms with Crippen LogP contribution < -0.4 is 5.73 Å². The van der Waals surface area contributed by atoms with Crippen molar-refractivity contribution in [2.75, 3.05) is 13.2 Å². The fraction of sp³-hybridized carbons (Fsp3) is 0.435. The number of carbonyl (C=O) groups excluding carboxylic acids is 1. The van der Waals surface area contributed by atoms with Crippen LogP contribution in [0.3, 0.4) is 0 Å². The number of hydrogen-bond acceptors (Lipinski definition) is 3. The van der Waals surface area contributed by atoms with E-state index in [1.54, 1.807) is 0 Å². The van der Waals surface area contributed by atoms with E-state index >= 15 is 0 Å². The molecule has 0 saturated heterocycles. The molecule has 4 nitrogen and oxygen atoms in total. The predicted octanol–water partition coefficient (Wildman–Crippen LogP) is 3.23. The molecule has 3 N–H and O–H groups in total. The molecule has 4 heteroatoms. The van der Waals surface area contributed by atoms with Crippen LogP contribution in [0.1, 0.15) is 58.6 Å². The first-order valence-corrected chi connectivity index (χ1v) is 9.94. The van der Waals surface area contributed by atoms with Gasteiger partial charge in [0.25, 0.3) is 5.91 Å². The lowest BCUT2D eigenvalue weighted by Crippen LogP contribution is -2.40. The molecule has 2 aromatic carbocycles. The number of aliphatic hydroxyl groups excluding tert-OH is 1. The van der Waals surface area contributed by atoms with Gasteiger partial charge in [0.1, 0.15) is 0 Å². The molecule has 1 aliphatic carbocycles. The van der Waals surface area contributed by atoms with E-state index in [-0.39, 0.29) is 12.5 Å². The summed E-state index contributed by atoms with van der Waals surface area (Å²) in [5.74, 6) is 0.536. The van der Waals surface area contributed by atoms with Crippen LogP contribution in [0.15, 0.2) is 48.5 Å². The fourth-order valence-electron chi connectivity index (χ4n) is 4.54. The third-order valence-corrected chi connectivity index (χ3v) is 6.17. The molecule has 2 atom stereocenters. The maximum Gasteiger partial charge on any atom is 0.254 e. The van der Waals surface area contributed by atoms with Crippen molar-refractivity contribution in [1.82, 2.24) is 4.90 Å². The molecule has 0 aromatic heterocycles. The lowest BCUT2D eigenvalue weighted by atomic mass is 9.92. The van der Waals surface area contributed by atoms with E-state index in [9.17, 15) is 9.90 Å². The Balaban J connectivity index is 1.39. The van der Waals surface area contributed by atoms with Crippen LogP contribution in [0.2, 0.25) is 0 Å². The smallest absolute Gasteiger partial charge is 0.254 e. The largest absolute Gasteiger partial charge is 0.394 e. The molecule has 0 spiro atoms. The van der Waals surface area contributed by atoms with Crippen molar-refractivity contribution in [3.63, 3.8) is 0 Å². The SMILES string of the molecule is NC1(CO)CCC(c2ccc3c(c2)CN(CCCc2ccccc2)C3=O)C1. The summed E-state index contributed by atoms with van der Waals surface area (Å²) in [7, 11) is 0. The number of amides is 1. The highest BCUT2D eigenvalue weighted by atomic mass is 16.3. The number of nitrogens with zero attached hydrogens (tertiary/aromatic N) is 1. The lowest BCUT2D eigenvalue weighted by molar-refractivity contribution is 0.0776. The molecule has 2 aromatic rings. The predicted molar refractivity (Wildman–Crippen MR) is 107 cm³/mol. The maximum atomic E-state index is 12.7. The van der Waals surface area contributed by atoms with Crippen LogP contribution in [0, 0.1) is 0 Å². The molecule has 0 bridgehead atoms. The number of carbonyl (C=O) groups is 1. The van der Waals surface area contributed by atoms with Crippen molar-refractivity contribution >= 4 is 5.91 Å². The molecular weight excluding hydrogens is 336 g/mol. The van der Waals surface area contributed by atoms with Gasteiger partial charge < -0.3 is 15.7 Å². The van der Waals surface area contributed by atoms with E-state index in [2.05, 4.69) is 36.4 Å². The standard InChI is InChI=1S/C23H28N2O2/c24-23(16-26)11-10-19(14-23)18-8-9-21-20(13-18)15-25(22(21)27)12-4-7-17-5-2-1-3-6-17/h1-3,5-6,8-9,13,19,26H,4,7,10-12,14-16,24H2. The van der Waals surface area contributed by atoms with Crippen LogP contribution in [0.4, 0.5) is 0 Å². The Hall–Kier alpha value is -2.17. The monoisotopic (exact) mass is 364 g/mol. The van der Waals surface area contributed by atoms with E-state index in [1.165, 1.54) is 11.1 Å². The zero-order valence-corrected chi connectivity index (χ0v) is 15.7. The van der Waals surface area contributed by atoms with Gasteiger partial charge in [0.15, 0.2) is 0 Å². The van der Waals surface area contributed by atoms with E-state index < -0.39 is 5.54 Å². The molecule has 2 unspecified atom stereocenters. The Morgan fingerprint density at radius 1 is 1.19 bits per heavy atom. The van der Waals surface area contributed by atoms with Gasteiger partial charge in [0, 0.05) is 24.2 Å². The first-order valence-electron chi connectivity index (χ1n) is 9.94. The van der Waals surface area contributed by atoms with Gasteiger partial charge in [-0.25, -0.2) is 0 Å². The minimum absolute atomic E-state index is 0.0438. The molecule has 1 heterocycles. The summed E-state index contributed by atoms with van der Waals surface area (Å²) in [6.45, 7) is 1.54. The van der Waals surface area contributed by atoms with Crippen LogP contribution in [0.5, 0.6) is 0 Å². The summed E-state index contributed by atoms with van der Waals surface area (Å²) >= 11 is 0. The maximum absolute atomic E-state index is 12.7. The van der Waals surface area contributed by atoms with Gasteiger partial charge in [-0.05, 0) is 60.8 Å². The van der Waals surface area contributed by atoms with E-state index in [1.807, 2.05) is 17.0 Å². The van der Waals surface area contributed by atoms with Gasteiger partial charge in [-0.3, -0.25) is 4.79 Å². The topological polar surface area (TPSA) is 66.6 Å². The van der Waals surface area contributed by atoms with Crippen molar-refractivity contribution in [2.45, 2.75) is 50.1 Å². The van der Waals surface area contributed by atoms with Gasteiger partial charge in [0.2, 0.25) is 0 Å². The quantitative estimate of drug-likeness (QED) is 0.827. The van der Waals surface area contributed by atoms with Gasteiger partial charge in [-0.15, -0.1) is 0 Å². The molecular formula is C23H28N2O2. The zero-order chi connectivity index (χ0) is 18.9. The second-order valence-corrected chi connectivity index (χ2v) is 8.19. The second-order valence-electron chi connectivity index (χ2n) is 8.19. The number of rotatable bonds is 6. The zero-order valence-electron chi connectivity index (χ0n) is 15.7. The fourth-order valence-corrected chi connectivity index (χ4v) is 4.54. The van der Waals surface area contributed by atoms with Crippen LogP contribution in [-0.4, -0.2) is 34.6 Å². The average Bonchev–Trinajstić information content (AvgIpc) is 3.24. The Labute approximate surface area is 161 Å². The van der Waals surface area contributed by atoms with Crippen molar-refractivity contribution in [3.8, 4) is 0 Å². The number of nitrogens with two attached hydrogens (primary N) is 1. The van der Waals surface area contributed by atoms with Gasteiger partial charge in [-0.1, -0.05) is 42.5 Å². The highest BCUT2D eigenvalue weighted by Gasteiger charge is 2.36. The van der Waals surface area contributed by atoms with Gasteiger partial charge in [0.05, 0.1) is 6.61 Å². The van der Waals surface area contributed by atoms with E-state index in [4.69, 9.17) is 5.73 Å². The minimum atomic E-state index is -0.441. The first-order chi connectivity index (χ1) is 13.1. The van der Waals surface area contributed by atoms with Crippen LogP contribution in [-0.2, 0) is 13.0 Å². The summed E-state index contributed by atoms with van der Waals surface area (Å²) < 4.78 is 0. The Morgan fingerprint density at radius 3 is 2.74 bits per heavy atom. The number of hydrogen-bond donors (Lipinski definition) is 2. The third-order valence-electron chi connectivity index (χ3n) is 6.17. The van der Waals surface area contributed by atoms with Gasteiger partial charge >= 0.3 is 0 Å². The third kappa shape index (κ3) is 3.78. The highest BCUT2D eigenvalue weighted by Crippen LogP contribution is 2.40. The summed E-state index contributed by atoms with van der Waals surface area (Å²) in [5, 5.41) is 9.50. The Morgan fingerprint density at radius 2 is 2.00 bits per heavy atom. The normalized spacial score (nSPS) is 24.4. The molecule has 142 valence electrons. The van der Waals surface area contributed by atoms with Crippen LogP contribution >= 0.6 is 0 Å². The van der Waals surface area contributed by atoms with E-state index in [0.29, 0.717) is 12.5 Å². The highest BCUT2D eigenvalue weighted by molar-refractivity contribution is 5.98. The number of aliphatic hydroxyl groups is 1.